The number of rotatable bonds is 3. The van der Waals surface area contributed by atoms with Gasteiger partial charge in [0.25, 0.3) is 0 Å². The minimum Gasteiger partial charge on any atom is -0.467 e. The maximum Gasteiger partial charge on any atom is 0.240 e. The fourth-order valence-electron chi connectivity index (χ4n) is 2.71. The van der Waals surface area contributed by atoms with Crippen LogP contribution >= 0.6 is 12.4 Å². The van der Waals surface area contributed by atoms with Gasteiger partial charge in [0, 0.05) is 24.2 Å². The van der Waals surface area contributed by atoms with E-state index in [0.717, 1.165) is 0 Å². The van der Waals surface area contributed by atoms with Gasteiger partial charge in [-0.15, -0.1) is 12.4 Å². The number of benzene rings is 1. The Bertz CT molecular complexity index is 573. The van der Waals surface area contributed by atoms with Crippen LogP contribution in [0.15, 0.2) is 12.1 Å². The molecule has 23 heavy (non-hydrogen) atoms. The molecule has 0 aromatic heterocycles. The molecule has 0 saturated carbocycles. The average molecular weight is 347 g/mol. The van der Waals surface area contributed by atoms with Crippen molar-refractivity contribution in [3.05, 3.63) is 29.1 Å². The van der Waals surface area contributed by atoms with Gasteiger partial charge in [0.15, 0.2) is 6.79 Å². The number of hydrogen-bond acceptors (Lipinski definition) is 5. The fourth-order valence-corrected chi connectivity index (χ4v) is 2.71. The summed E-state index contributed by atoms with van der Waals surface area (Å²) >= 11 is 0. The number of nitrogens with one attached hydrogen (secondary N) is 2. The highest BCUT2D eigenvalue weighted by Gasteiger charge is 2.28. The van der Waals surface area contributed by atoms with E-state index in [0.29, 0.717) is 36.6 Å². The Hall–Kier alpha value is -1.41. The summed E-state index contributed by atoms with van der Waals surface area (Å²) in [5.74, 6) is 0.0516. The van der Waals surface area contributed by atoms with Crippen molar-refractivity contribution in [3.8, 4) is 5.75 Å². The molecule has 2 heterocycles. The average Bonchev–Trinajstić information content (AvgIpc) is 2.52. The van der Waals surface area contributed by atoms with Gasteiger partial charge < -0.3 is 24.8 Å². The predicted octanol–water partition coefficient (Wildman–Crippen LogP) is 1.11. The van der Waals surface area contributed by atoms with Crippen molar-refractivity contribution >= 4 is 18.3 Å². The van der Waals surface area contributed by atoms with E-state index in [9.17, 15) is 9.18 Å². The molecule has 0 aliphatic carbocycles. The van der Waals surface area contributed by atoms with Crippen molar-refractivity contribution in [1.82, 2.24) is 10.6 Å². The van der Waals surface area contributed by atoms with Gasteiger partial charge in [-0.1, -0.05) is 0 Å². The van der Waals surface area contributed by atoms with Crippen molar-refractivity contribution < 1.29 is 23.4 Å². The van der Waals surface area contributed by atoms with Gasteiger partial charge in [-0.2, -0.15) is 0 Å². The molecule has 1 aromatic rings. The van der Waals surface area contributed by atoms with Crippen molar-refractivity contribution in [3.63, 3.8) is 0 Å². The molecule has 0 radical (unpaired) electrons. The van der Waals surface area contributed by atoms with Crippen LogP contribution in [0.3, 0.4) is 0 Å². The fraction of sp³-hybridized carbons (Fsp3) is 0.533. The van der Waals surface area contributed by atoms with Gasteiger partial charge in [0.2, 0.25) is 5.91 Å². The number of fused-ring (bicyclic) bond motifs is 1. The smallest absolute Gasteiger partial charge is 0.240 e. The molecular formula is C15H20ClFN2O4. The minimum atomic E-state index is -0.401. The third-order valence-corrected chi connectivity index (χ3v) is 3.80. The number of ether oxygens (including phenoxy) is 3. The van der Waals surface area contributed by atoms with Crippen LogP contribution in [0.4, 0.5) is 4.39 Å². The van der Waals surface area contributed by atoms with E-state index < -0.39 is 6.04 Å². The van der Waals surface area contributed by atoms with Crippen LogP contribution in [0.25, 0.3) is 0 Å². The normalized spacial score (nSPS) is 23.2. The first-order chi connectivity index (χ1) is 10.6. The largest absolute Gasteiger partial charge is 0.467 e. The molecule has 1 saturated heterocycles. The highest BCUT2D eigenvalue weighted by atomic mass is 35.5. The summed E-state index contributed by atoms with van der Waals surface area (Å²) < 4.78 is 29.7. The zero-order chi connectivity index (χ0) is 15.5. The van der Waals surface area contributed by atoms with E-state index in [2.05, 4.69) is 10.6 Å². The molecule has 0 unspecified atom stereocenters. The zero-order valence-corrected chi connectivity index (χ0v) is 13.6. The van der Waals surface area contributed by atoms with Crippen LogP contribution in [0.5, 0.6) is 5.75 Å². The SMILES string of the molecule is C[C@H]1OCCN[C@@H]1C(=O)NCc1cc(F)cc2c1OCOC2.Cl. The van der Waals surface area contributed by atoms with Crippen LogP contribution in [-0.4, -0.2) is 38.0 Å². The molecule has 0 bridgehead atoms. The highest BCUT2D eigenvalue weighted by Crippen LogP contribution is 2.29. The van der Waals surface area contributed by atoms with Gasteiger partial charge >= 0.3 is 0 Å². The first-order valence-electron chi connectivity index (χ1n) is 7.29. The Morgan fingerprint density at radius 3 is 3.09 bits per heavy atom. The third kappa shape index (κ3) is 4.11. The van der Waals surface area contributed by atoms with E-state index in [1.165, 1.54) is 12.1 Å². The lowest BCUT2D eigenvalue weighted by molar-refractivity contribution is -0.129. The standard InChI is InChI=1S/C15H19FN2O4.ClH/c1-9-13(17-2-3-21-9)15(19)18-6-10-4-12(16)5-11-7-20-8-22-14(10)11;/h4-5,9,13,17H,2-3,6-8H2,1H3,(H,18,19);1H/t9-,13+;/m1./s1. The molecule has 2 N–H and O–H groups in total. The number of amides is 1. The first kappa shape index (κ1) is 17.9. The molecule has 8 heteroatoms. The van der Waals surface area contributed by atoms with Crippen molar-refractivity contribution in [2.24, 2.45) is 0 Å². The van der Waals surface area contributed by atoms with Crippen LogP contribution in [-0.2, 0) is 27.4 Å². The van der Waals surface area contributed by atoms with Crippen molar-refractivity contribution in [2.45, 2.75) is 32.2 Å². The summed E-state index contributed by atoms with van der Waals surface area (Å²) in [6, 6.07) is 2.36. The lowest BCUT2D eigenvalue weighted by atomic mass is 10.1. The first-order valence-corrected chi connectivity index (χ1v) is 7.29. The van der Waals surface area contributed by atoms with Gasteiger partial charge in [0.05, 0.1) is 19.3 Å². The van der Waals surface area contributed by atoms with Gasteiger partial charge in [-0.05, 0) is 19.1 Å². The highest BCUT2D eigenvalue weighted by molar-refractivity contribution is 5.85. The number of hydrogen-bond donors (Lipinski definition) is 2. The number of carbonyl (C=O) groups excluding carboxylic acids is 1. The molecule has 1 amide bonds. The summed E-state index contributed by atoms with van der Waals surface area (Å²) in [6.07, 6.45) is -0.195. The molecule has 2 aliphatic rings. The Morgan fingerprint density at radius 1 is 1.48 bits per heavy atom. The lowest BCUT2D eigenvalue weighted by Crippen LogP contribution is -2.55. The second-order valence-corrected chi connectivity index (χ2v) is 5.39. The van der Waals surface area contributed by atoms with Gasteiger partial charge in [-0.25, -0.2) is 4.39 Å². The molecule has 3 rings (SSSR count). The van der Waals surface area contributed by atoms with Crippen LogP contribution < -0.4 is 15.4 Å². The maximum atomic E-state index is 13.6. The molecule has 2 aliphatic heterocycles. The molecule has 0 spiro atoms. The Morgan fingerprint density at radius 2 is 2.30 bits per heavy atom. The van der Waals surface area contributed by atoms with E-state index in [1.807, 2.05) is 6.92 Å². The molecule has 6 nitrogen and oxygen atoms in total. The predicted molar refractivity (Wildman–Crippen MR) is 83.0 cm³/mol. The second kappa shape index (κ2) is 7.92. The zero-order valence-electron chi connectivity index (χ0n) is 12.8. The summed E-state index contributed by atoms with van der Waals surface area (Å²) in [4.78, 5) is 12.2. The number of halogens is 2. The lowest BCUT2D eigenvalue weighted by Gasteiger charge is -2.29. The van der Waals surface area contributed by atoms with E-state index in [1.54, 1.807) is 0 Å². The van der Waals surface area contributed by atoms with Crippen molar-refractivity contribution in [2.75, 3.05) is 19.9 Å². The summed E-state index contributed by atoms with van der Waals surface area (Å²) in [5.41, 5.74) is 1.26. The topological polar surface area (TPSA) is 68.8 Å². The van der Waals surface area contributed by atoms with E-state index >= 15 is 0 Å². The third-order valence-electron chi connectivity index (χ3n) is 3.80. The van der Waals surface area contributed by atoms with Gasteiger partial charge in [0.1, 0.15) is 17.6 Å². The quantitative estimate of drug-likeness (QED) is 0.858. The minimum absolute atomic E-state index is 0. The molecule has 128 valence electrons. The monoisotopic (exact) mass is 346 g/mol. The summed E-state index contributed by atoms with van der Waals surface area (Å²) in [7, 11) is 0. The Kier molecular flexibility index (Phi) is 6.17. The van der Waals surface area contributed by atoms with Gasteiger partial charge in [-0.3, -0.25) is 4.79 Å². The molecule has 1 aromatic carbocycles. The molecular weight excluding hydrogens is 327 g/mol. The maximum absolute atomic E-state index is 13.6. The number of morpholine rings is 1. The van der Waals surface area contributed by atoms with Crippen LogP contribution in [0.2, 0.25) is 0 Å². The molecule has 1 fully saturated rings. The Labute approximate surface area is 140 Å². The van der Waals surface area contributed by atoms with E-state index in [-0.39, 0.29) is 43.6 Å². The van der Waals surface area contributed by atoms with Crippen molar-refractivity contribution in [1.29, 1.82) is 0 Å². The van der Waals surface area contributed by atoms with Crippen LogP contribution in [0, 0.1) is 5.82 Å². The summed E-state index contributed by atoms with van der Waals surface area (Å²) in [6.45, 7) is 3.72. The molecule has 2 atom stereocenters. The summed E-state index contributed by atoms with van der Waals surface area (Å²) in [5, 5.41) is 5.92. The Balaban J connectivity index is 0.00000192. The number of carbonyl (C=O) groups is 1. The van der Waals surface area contributed by atoms with E-state index in [4.69, 9.17) is 14.2 Å². The van der Waals surface area contributed by atoms with Crippen LogP contribution in [0.1, 0.15) is 18.1 Å². The second-order valence-electron chi connectivity index (χ2n) is 5.39.